The molecule has 1 aromatic carbocycles. The number of carbonyl (C=O) groups excluding carboxylic acids is 1. The normalized spacial score (nSPS) is 18.1. The van der Waals surface area contributed by atoms with Crippen molar-refractivity contribution >= 4 is 34.0 Å². The standard InChI is InChI=1S/C27H26BrN3O/c1-18-2-5-24-21(14-18)3-4-22-16-23(28)17-30-27(22)26(24)20-8-12-31(13-9-20)25(32)15-19-6-10-29-11-7-19/h2-7,10-11,14,16-17,20,26H,8-9,12-13,15H2,1H3. The Bertz CT molecular complexity index is 1110. The van der Waals surface area contributed by atoms with E-state index in [4.69, 9.17) is 4.98 Å². The number of piperidine rings is 1. The van der Waals surface area contributed by atoms with Gasteiger partial charge in [-0.25, -0.2) is 0 Å². The van der Waals surface area contributed by atoms with E-state index in [0.717, 1.165) is 41.7 Å². The topological polar surface area (TPSA) is 46.1 Å². The minimum atomic E-state index is 0.204. The highest BCUT2D eigenvalue weighted by molar-refractivity contribution is 9.10. The van der Waals surface area contributed by atoms with Crippen molar-refractivity contribution in [1.29, 1.82) is 0 Å². The van der Waals surface area contributed by atoms with E-state index < -0.39 is 0 Å². The molecule has 1 unspecified atom stereocenters. The van der Waals surface area contributed by atoms with Crippen molar-refractivity contribution < 1.29 is 4.79 Å². The minimum absolute atomic E-state index is 0.204. The predicted molar refractivity (Wildman–Crippen MR) is 131 cm³/mol. The molecular formula is C27H26BrN3O. The average molecular weight is 488 g/mol. The number of rotatable bonds is 3. The van der Waals surface area contributed by atoms with Crippen molar-refractivity contribution in [2.75, 3.05) is 13.1 Å². The SMILES string of the molecule is Cc1ccc2c(c1)C=Cc1cc(Br)cnc1C2C1CCN(C(=O)Cc2ccncc2)CC1. The summed E-state index contributed by atoms with van der Waals surface area (Å²) in [4.78, 5) is 23.8. The zero-order valence-electron chi connectivity index (χ0n) is 18.2. The number of hydrogen-bond acceptors (Lipinski definition) is 3. The molecule has 3 aromatic rings. The number of aromatic nitrogens is 2. The van der Waals surface area contributed by atoms with Crippen molar-refractivity contribution in [2.45, 2.75) is 32.1 Å². The van der Waals surface area contributed by atoms with Gasteiger partial charge >= 0.3 is 0 Å². The van der Waals surface area contributed by atoms with Gasteiger partial charge in [0.05, 0.1) is 12.1 Å². The van der Waals surface area contributed by atoms with Gasteiger partial charge in [-0.15, -0.1) is 0 Å². The number of likely N-dealkylation sites (tertiary alicyclic amines) is 1. The summed E-state index contributed by atoms with van der Waals surface area (Å²) < 4.78 is 0.998. The molecule has 0 bridgehead atoms. The lowest BCUT2D eigenvalue weighted by Gasteiger charge is -2.37. The highest BCUT2D eigenvalue weighted by atomic mass is 79.9. The Hall–Kier alpha value is -2.79. The Morgan fingerprint density at radius 2 is 1.81 bits per heavy atom. The van der Waals surface area contributed by atoms with Crippen LogP contribution in [0.1, 0.15) is 52.3 Å². The van der Waals surface area contributed by atoms with E-state index in [9.17, 15) is 4.79 Å². The Labute approximate surface area is 197 Å². The second kappa shape index (κ2) is 8.99. The fourth-order valence-electron chi connectivity index (χ4n) is 5.05. The van der Waals surface area contributed by atoms with Gasteiger partial charge in [0.1, 0.15) is 0 Å². The van der Waals surface area contributed by atoms with E-state index in [0.29, 0.717) is 12.3 Å². The average Bonchev–Trinajstić information content (AvgIpc) is 2.96. The summed E-state index contributed by atoms with van der Waals surface area (Å²) >= 11 is 3.59. The second-order valence-corrected chi connectivity index (χ2v) is 9.74. The van der Waals surface area contributed by atoms with Gasteiger partial charge in [-0.1, -0.05) is 35.9 Å². The first kappa shape index (κ1) is 21.1. The Kier molecular flexibility index (Phi) is 5.92. The molecule has 5 heteroatoms. The lowest BCUT2D eigenvalue weighted by molar-refractivity contribution is -0.131. The number of hydrogen-bond donors (Lipinski definition) is 0. The van der Waals surface area contributed by atoms with Crippen LogP contribution >= 0.6 is 15.9 Å². The number of amides is 1. The van der Waals surface area contributed by atoms with Gasteiger partial charge in [0.2, 0.25) is 5.91 Å². The molecule has 1 fully saturated rings. The van der Waals surface area contributed by atoms with Crippen molar-refractivity contribution in [3.63, 3.8) is 0 Å². The summed E-state index contributed by atoms with van der Waals surface area (Å²) in [5.74, 6) is 0.894. The third kappa shape index (κ3) is 4.26. The van der Waals surface area contributed by atoms with Crippen LogP contribution in [0.15, 0.2) is 59.5 Å². The maximum Gasteiger partial charge on any atom is 0.226 e. The number of aryl methyl sites for hydroxylation is 1. The summed E-state index contributed by atoms with van der Waals surface area (Å²) in [6, 6.07) is 12.8. The molecule has 162 valence electrons. The number of halogens is 1. The molecule has 1 amide bonds. The van der Waals surface area contributed by atoms with Crippen molar-refractivity contribution in [1.82, 2.24) is 14.9 Å². The van der Waals surface area contributed by atoms with Gasteiger partial charge in [0.15, 0.2) is 0 Å². The number of pyridine rings is 2. The third-order valence-corrected chi connectivity index (χ3v) is 7.13. The fraction of sp³-hybridized carbons (Fsp3) is 0.296. The molecule has 0 spiro atoms. The van der Waals surface area contributed by atoms with Crippen LogP contribution < -0.4 is 0 Å². The van der Waals surface area contributed by atoms with E-state index in [1.807, 2.05) is 23.2 Å². The molecule has 0 saturated carbocycles. The van der Waals surface area contributed by atoms with E-state index >= 15 is 0 Å². The zero-order chi connectivity index (χ0) is 22.1. The third-order valence-electron chi connectivity index (χ3n) is 6.70. The summed E-state index contributed by atoms with van der Waals surface area (Å²) in [6.45, 7) is 3.74. The molecule has 4 nitrogen and oxygen atoms in total. The number of nitrogens with zero attached hydrogens (tertiary/aromatic N) is 3. The molecule has 1 aliphatic heterocycles. The molecule has 3 heterocycles. The van der Waals surface area contributed by atoms with Gasteiger partial charge in [0.25, 0.3) is 0 Å². The van der Waals surface area contributed by atoms with Gasteiger partial charge < -0.3 is 4.90 Å². The molecule has 1 atom stereocenters. The molecule has 32 heavy (non-hydrogen) atoms. The van der Waals surface area contributed by atoms with Gasteiger partial charge in [-0.3, -0.25) is 14.8 Å². The largest absolute Gasteiger partial charge is 0.342 e. The molecule has 0 radical (unpaired) electrons. The van der Waals surface area contributed by atoms with E-state index in [2.05, 4.69) is 64.3 Å². The zero-order valence-corrected chi connectivity index (χ0v) is 19.8. The van der Waals surface area contributed by atoms with Gasteiger partial charge in [-0.05, 0) is 82.1 Å². The Balaban J connectivity index is 1.39. The van der Waals surface area contributed by atoms with Crippen LogP contribution in [0.4, 0.5) is 0 Å². The molecule has 2 aromatic heterocycles. The maximum atomic E-state index is 12.9. The molecule has 1 saturated heterocycles. The van der Waals surface area contributed by atoms with E-state index in [1.54, 1.807) is 12.4 Å². The Morgan fingerprint density at radius 3 is 2.59 bits per heavy atom. The molecule has 0 N–H and O–H groups in total. The van der Waals surface area contributed by atoms with Crippen molar-refractivity contribution in [2.24, 2.45) is 5.92 Å². The molecule has 2 aliphatic rings. The highest BCUT2D eigenvalue weighted by Crippen LogP contribution is 2.43. The number of benzene rings is 1. The summed E-state index contributed by atoms with van der Waals surface area (Å²) in [5.41, 5.74) is 7.24. The molecule has 5 rings (SSSR count). The van der Waals surface area contributed by atoms with Crippen molar-refractivity contribution in [3.05, 3.63) is 93.0 Å². The summed E-state index contributed by atoms with van der Waals surface area (Å²) in [5, 5.41) is 0. The fourth-order valence-corrected chi connectivity index (χ4v) is 5.40. The highest BCUT2D eigenvalue weighted by Gasteiger charge is 2.34. The molecule has 1 aliphatic carbocycles. The quantitative estimate of drug-likeness (QED) is 0.479. The van der Waals surface area contributed by atoms with Crippen LogP contribution in [0.25, 0.3) is 12.2 Å². The number of fused-ring (bicyclic) bond motifs is 2. The van der Waals surface area contributed by atoms with Gasteiger partial charge in [-0.2, -0.15) is 0 Å². The van der Waals surface area contributed by atoms with Gasteiger partial charge in [0, 0.05) is 42.1 Å². The summed E-state index contributed by atoms with van der Waals surface area (Å²) in [7, 11) is 0. The van der Waals surface area contributed by atoms with E-state index in [-0.39, 0.29) is 11.8 Å². The second-order valence-electron chi connectivity index (χ2n) is 8.82. The van der Waals surface area contributed by atoms with Crippen LogP contribution in [0, 0.1) is 12.8 Å². The van der Waals surface area contributed by atoms with E-state index in [1.165, 1.54) is 22.3 Å². The smallest absolute Gasteiger partial charge is 0.226 e. The number of carbonyl (C=O) groups is 1. The van der Waals surface area contributed by atoms with Crippen LogP contribution in [0.2, 0.25) is 0 Å². The minimum Gasteiger partial charge on any atom is -0.342 e. The first-order chi connectivity index (χ1) is 15.6. The van der Waals surface area contributed by atoms with Crippen LogP contribution in [-0.4, -0.2) is 33.9 Å². The first-order valence-electron chi connectivity index (χ1n) is 11.2. The van der Waals surface area contributed by atoms with Crippen LogP contribution in [0.3, 0.4) is 0 Å². The van der Waals surface area contributed by atoms with Crippen LogP contribution in [0.5, 0.6) is 0 Å². The Morgan fingerprint density at radius 1 is 1.06 bits per heavy atom. The maximum absolute atomic E-state index is 12.9. The lowest BCUT2D eigenvalue weighted by Crippen LogP contribution is -2.40. The summed E-state index contributed by atoms with van der Waals surface area (Å²) in [6.07, 6.45) is 12.2. The van der Waals surface area contributed by atoms with Crippen LogP contribution in [-0.2, 0) is 11.2 Å². The van der Waals surface area contributed by atoms with Crippen molar-refractivity contribution in [3.8, 4) is 0 Å². The molecular weight excluding hydrogens is 462 g/mol. The first-order valence-corrected chi connectivity index (χ1v) is 12.0. The monoisotopic (exact) mass is 487 g/mol. The predicted octanol–water partition coefficient (Wildman–Crippen LogP) is 5.64. The lowest BCUT2D eigenvalue weighted by atomic mass is 9.76.